The second-order valence-corrected chi connectivity index (χ2v) is 8.55. The van der Waals surface area contributed by atoms with Crippen molar-refractivity contribution in [2.45, 2.75) is 25.3 Å². The van der Waals surface area contributed by atoms with E-state index in [-0.39, 0.29) is 5.91 Å². The molecule has 7 nitrogen and oxygen atoms in total. The first-order chi connectivity index (χ1) is 16.7. The molecule has 5 rings (SSSR count). The molecule has 7 heteroatoms. The predicted molar refractivity (Wildman–Crippen MR) is 130 cm³/mol. The molecule has 2 aromatic carbocycles. The van der Waals surface area contributed by atoms with Gasteiger partial charge in [-0.2, -0.15) is 0 Å². The number of piperidine rings is 1. The Bertz CT molecular complexity index is 1290. The molecule has 0 radical (unpaired) electrons. The third-order valence-corrected chi connectivity index (χ3v) is 6.52. The van der Waals surface area contributed by atoms with E-state index < -0.39 is 0 Å². The first-order valence-corrected chi connectivity index (χ1v) is 11.5. The minimum atomic E-state index is -0.0518. The van der Waals surface area contributed by atoms with Crippen LogP contribution in [0, 0.1) is 0 Å². The van der Waals surface area contributed by atoms with Crippen molar-refractivity contribution in [2.75, 3.05) is 27.3 Å². The number of amides is 1. The Kier molecular flexibility index (Phi) is 6.16. The van der Waals surface area contributed by atoms with Gasteiger partial charge in [0.15, 0.2) is 0 Å². The van der Waals surface area contributed by atoms with Gasteiger partial charge in [-0.15, -0.1) is 0 Å². The molecule has 0 unspecified atom stereocenters. The number of methoxy groups -OCH3 is 2. The molecular weight excluding hydrogens is 428 g/mol. The van der Waals surface area contributed by atoms with Crippen molar-refractivity contribution in [3.63, 3.8) is 0 Å². The van der Waals surface area contributed by atoms with Crippen LogP contribution >= 0.6 is 0 Å². The Morgan fingerprint density at radius 3 is 2.53 bits per heavy atom. The lowest BCUT2D eigenvalue weighted by molar-refractivity contribution is 0.0704. The van der Waals surface area contributed by atoms with Crippen LogP contribution < -0.4 is 9.47 Å². The van der Waals surface area contributed by atoms with E-state index in [0.29, 0.717) is 30.5 Å². The van der Waals surface area contributed by atoms with Crippen molar-refractivity contribution >= 4 is 16.8 Å². The minimum absolute atomic E-state index is 0.0518. The summed E-state index contributed by atoms with van der Waals surface area (Å²) in [6.45, 7) is 2.12. The monoisotopic (exact) mass is 456 g/mol. The highest BCUT2D eigenvalue weighted by molar-refractivity contribution is 5.97. The number of fused-ring (bicyclic) bond motifs is 1. The fourth-order valence-corrected chi connectivity index (χ4v) is 4.67. The van der Waals surface area contributed by atoms with Gasteiger partial charge in [0, 0.05) is 49.4 Å². The van der Waals surface area contributed by atoms with Crippen LogP contribution in [0.4, 0.5) is 0 Å². The fraction of sp³-hybridized carbons (Fsp3) is 0.296. The molecule has 0 bridgehead atoms. The number of pyridine rings is 1. The number of nitrogens with zero attached hydrogens (tertiary/aromatic N) is 4. The molecule has 1 aliphatic rings. The van der Waals surface area contributed by atoms with E-state index in [0.717, 1.165) is 41.9 Å². The van der Waals surface area contributed by atoms with Gasteiger partial charge in [-0.25, -0.2) is 9.97 Å². The number of aromatic nitrogens is 3. The Morgan fingerprint density at radius 1 is 1.03 bits per heavy atom. The average molecular weight is 457 g/mol. The summed E-state index contributed by atoms with van der Waals surface area (Å²) in [5.74, 6) is 2.86. The van der Waals surface area contributed by atoms with Crippen LogP contribution in [0.1, 0.15) is 40.6 Å². The van der Waals surface area contributed by atoms with Crippen LogP contribution in [-0.4, -0.2) is 52.7 Å². The number of imidazole rings is 1. The number of benzene rings is 2. The summed E-state index contributed by atoms with van der Waals surface area (Å²) in [6.07, 6.45) is 5.64. The van der Waals surface area contributed by atoms with Crippen LogP contribution in [-0.2, 0) is 6.54 Å². The third kappa shape index (κ3) is 4.33. The molecule has 34 heavy (non-hydrogen) atoms. The van der Waals surface area contributed by atoms with Gasteiger partial charge in [0.25, 0.3) is 5.91 Å². The molecule has 0 spiro atoms. The lowest BCUT2D eigenvalue weighted by Gasteiger charge is -2.32. The second kappa shape index (κ2) is 9.55. The van der Waals surface area contributed by atoms with E-state index in [1.807, 2.05) is 53.7 Å². The Morgan fingerprint density at radius 2 is 1.79 bits per heavy atom. The van der Waals surface area contributed by atoms with Crippen LogP contribution in [0.5, 0.6) is 11.5 Å². The van der Waals surface area contributed by atoms with Crippen molar-refractivity contribution in [1.82, 2.24) is 19.4 Å². The van der Waals surface area contributed by atoms with Crippen LogP contribution in [0.2, 0.25) is 0 Å². The third-order valence-electron chi connectivity index (χ3n) is 6.52. The smallest absolute Gasteiger partial charge is 0.272 e. The number of ether oxygens (including phenoxy) is 2. The van der Waals surface area contributed by atoms with Crippen molar-refractivity contribution < 1.29 is 14.3 Å². The summed E-state index contributed by atoms with van der Waals surface area (Å²) >= 11 is 0. The van der Waals surface area contributed by atoms with E-state index in [2.05, 4.69) is 26.7 Å². The standard InChI is InChI=1S/C27H28N4O3/c1-33-21-9-7-19(8-10-21)18-31-16-13-28-26(31)20-11-14-30(15-12-20)27(32)24-17-25(34-2)22-5-3-4-6-23(22)29-24/h3-10,13,16-17,20H,11-12,14-15,18H2,1-2H3. The Balaban J connectivity index is 1.27. The van der Waals surface area contributed by atoms with Crippen molar-refractivity contribution in [3.05, 3.63) is 84.1 Å². The highest BCUT2D eigenvalue weighted by atomic mass is 16.5. The molecule has 1 amide bonds. The normalized spacial score (nSPS) is 14.4. The summed E-state index contributed by atoms with van der Waals surface area (Å²) in [4.78, 5) is 24.4. The zero-order chi connectivity index (χ0) is 23.5. The summed E-state index contributed by atoms with van der Waals surface area (Å²) in [5, 5.41) is 0.906. The van der Waals surface area contributed by atoms with E-state index >= 15 is 0 Å². The molecule has 4 aromatic rings. The molecule has 1 saturated heterocycles. The largest absolute Gasteiger partial charge is 0.497 e. The van der Waals surface area contributed by atoms with E-state index in [9.17, 15) is 4.79 Å². The first-order valence-electron chi connectivity index (χ1n) is 11.5. The molecule has 3 heterocycles. The zero-order valence-corrected chi connectivity index (χ0v) is 19.5. The maximum Gasteiger partial charge on any atom is 0.272 e. The van der Waals surface area contributed by atoms with Gasteiger partial charge in [0.1, 0.15) is 23.0 Å². The number of carbonyl (C=O) groups is 1. The number of para-hydroxylation sites is 1. The van der Waals surface area contributed by atoms with Crippen molar-refractivity contribution in [3.8, 4) is 11.5 Å². The van der Waals surface area contributed by atoms with Gasteiger partial charge in [0.2, 0.25) is 0 Å². The van der Waals surface area contributed by atoms with Crippen molar-refractivity contribution in [2.24, 2.45) is 0 Å². The number of likely N-dealkylation sites (tertiary alicyclic amines) is 1. The van der Waals surface area contributed by atoms with Gasteiger partial charge >= 0.3 is 0 Å². The van der Waals surface area contributed by atoms with Crippen LogP contribution in [0.25, 0.3) is 10.9 Å². The molecule has 174 valence electrons. The maximum absolute atomic E-state index is 13.2. The zero-order valence-electron chi connectivity index (χ0n) is 19.5. The molecule has 0 atom stereocenters. The molecular formula is C27H28N4O3. The number of hydrogen-bond acceptors (Lipinski definition) is 5. The SMILES string of the molecule is COc1ccc(Cn2ccnc2C2CCN(C(=O)c3cc(OC)c4ccccc4n3)CC2)cc1. The lowest BCUT2D eigenvalue weighted by Crippen LogP contribution is -2.38. The minimum Gasteiger partial charge on any atom is -0.497 e. The number of hydrogen-bond donors (Lipinski definition) is 0. The van der Waals surface area contributed by atoms with Gasteiger partial charge in [-0.05, 0) is 42.7 Å². The molecule has 1 fully saturated rings. The molecule has 0 aliphatic carbocycles. The van der Waals surface area contributed by atoms with Gasteiger partial charge in [-0.1, -0.05) is 24.3 Å². The average Bonchev–Trinajstić information content (AvgIpc) is 3.36. The molecule has 1 aliphatic heterocycles. The lowest BCUT2D eigenvalue weighted by atomic mass is 9.95. The molecule has 2 aromatic heterocycles. The maximum atomic E-state index is 13.2. The van der Waals surface area contributed by atoms with Gasteiger partial charge < -0.3 is 18.9 Å². The molecule has 0 saturated carbocycles. The Hall–Kier alpha value is -3.87. The van der Waals surface area contributed by atoms with Crippen LogP contribution in [0.15, 0.2) is 67.0 Å². The van der Waals surface area contributed by atoms with Gasteiger partial charge in [-0.3, -0.25) is 4.79 Å². The summed E-state index contributed by atoms with van der Waals surface area (Å²) in [7, 11) is 3.29. The topological polar surface area (TPSA) is 69.5 Å². The van der Waals surface area contributed by atoms with Crippen LogP contribution in [0.3, 0.4) is 0 Å². The van der Waals surface area contributed by atoms with E-state index in [4.69, 9.17) is 9.47 Å². The Labute approximate surface area is 199 Å². The van der Waals surface area contributed by atoms with Crippen molar-refractivity contribution in [1.29, 1.82) is 0 Å². The predicted octanol–water partition coefficient (Wildman–Crippen LogP) is 4.52. The first kappa shape index (κ1) is 21.9. The fourth-order valence-electron chi connectivity index (χ4n) is 4.67. The highest BCUT2D eigenvalue weighted by Crippen LogP contribution is 2.30. The number of carbonyl (C=O) groups excluding carboxylic acids is 1. The summed E-state index contributed by atoms with van der Waals surface area (Å²) in [6, 6.07) is 17.6. The van der Waals surface area contributed by atoms with E-state index in [1.54, 1.807) is 20.3 Å². The number of rotatable bonds is 6. The summed E-state index contributed by atoms with van der Waals surface area (Å²) < 4.78 is 13.0. The quantitative estimate of drug-likeness (QED) is 0.427. The van der Waals surface area contributed by atoms with Gasteiger partial charge in [0.05, 0.1) is 19.7 Å². The summed E-state index contributed by atoms with van der Waals surface area (Å²) in [5.41, 5.74) is 2.39. The highest BCUT2D eigenvalue weighted by Gasteiger charge is 2.28. The molecule has 0 N–H and O–H groups in total. The van der Waals surface area contributed by atoms with E-state index in [1.165, 1.54) is 5.56 Å². The second-order valence-electron chi connectivity index (χ2n) is 8.55.